The molecule has 112 valence electrons. The molecule has 0 heterocycles. The van der Waals surface area contributed by atoms with E-state index in [2.05, 4.69) is 26.1 Å². The molecule has 0 radical (unpaired) electrons. The molecule has 4 nitrogen and oxygen atoms in total. The molecule has 0 atom stereocenters. The third-order valence-electron chi connectivity index (χ3n) is 3.40. The molecule has 1 amide bonds. The molecule has 0 aromatic heterocycles. The third kappa shape index (κ3) is 4.49. The third-order valence-corrected chi connectivity index (χ3v) is 4.86. The predicted octanol–water partition coefficient (Wildman–Crippen LogP) is 3.09. The molecule has 20 heavy (non-hydrogen) atoms. The lowest BCUT2D eigenvalue weighted by atomic mass is 9.90. The molecule has 0 aliphatic carbocycles. The van der Waals surface area contributed by atoms with E-state index in [9.17, 15) is 13.2 Å². The highest BCUT2D eigenvalue weighted by molar-refractivity contribution is 8.13. The maximum Gasteiger partial charge on any atom is 0.261 e. The van der Waals surface area contributed by atoms with E-state index < -0.39 is 9.05 Å². The van der Waals surface area contributed by atoms with E-state index in [1.807, 2.05) is 0 Å². The van der Waals surface area contributed by atoms with Crippen LogP contribution in [-0.2, 0) is 9.05 Å². The molecule has 6 heteroatoms. The van der Waals surface area contributed by atoms with Crippen LogP contribution in [0.25, 0.3) is 0 Å². The predicted molar refractivity (Wildman–Crippen MR) is 80.6 cm³/mol. The topological polar surface area (TPSA) is 63.2 Å². The zero-order chi connectivity index (χ0) is 15.6. The molecule has 1 N–H and O–H groups in total. The van der Waals surface area contributed by atoms with Crippen molar-refractivity contribution in [2.24, 2.45) is 5.41 Å². The van der Waals surface area contributed by atoms with Crippen molar-refractivity contribution in [1.29, 1.82) is 0 Å². The quantitative estimate of drug-likeness (QED) is 0.849. The van der Waals surface area contributed by atoms with Gasteiger partial charge in [0.15, 0.2) is 0 Å². The van der Waals surface area contributed by atoms with Crippen LogP contribution < -0.4 is 5.32 Å². The van der Waals surface area contributed by atoms with Crippen LogP contribution >= 0.6 is 10.7 Å². The zero-order valence-corrected chi connectivity index (χ0v) is 13.7. The molecule has 1 aromatic rings. The van der Waals surface area contributed by atoms with E-state index in [0.717, 1.165) is 6.42 Å². The second kappa shape index (κ2) is 6.14. The number of rotatable bonds is 5. The highest BCUT2D eigenvalue weighted by Crippen LogP contribution is 2.22. The number of benzene rings is 1. The number of hydrogen-bond acceptors (Lipinski definition) is 3. The first kappa shape index (κ1) is 17.0. The van der Waals surface area contributed by atoms with Gasteiger partial charge in [-0.1, -0.05) is 26.8 Å². The smallest absolute Gasteiger partial charge is 0.261 e. The molecule has 0 aliphatic rings. The summed E-state index contributed by atoms with van der Waals surface area (Å²) in [5.74, 6) is -0.298. The van der Waals surface area contributed by atoms with Gasteiger partial charge < -0.3 is 5.32 Å². The van der Waals surface area contributed by atoms with E-state index in [0.29, 0.717) is 17.7 Å². The molecule has 0 bridgehead atoms. The summed E-state index contributed by atoms with van der Waals surface area (Å²) in [6.07, 6.45) is 0.933. The summed E-state index contributed by atoms with van der Waals surface area (Å²) in [5.41, 5.74) is 0.814. The molecule has 0 spiro atoms. The van der Waals surface area contributed by atoms with Crippen LogP contribution in [0.15, 0.2) is 23.1 Å². The molecular formula is C14H20ClNO3S. The highest BCUT2D eigenvalue weighted by Gasteiger charge is 2.19. The van der Waals surface area contributed by atoms with Gasteiger partial charge in [0.1, 0.15) is 0 Å². The van der Waals surface area contributed by atoms with Crippen molar-refractivity contribution in [2.45, 2.75) is 39.0 Å². The Morgan fingerprint density at radius 2 is 1.95 bits per heavy atom. The molecule has 1 rings (SSSR count). The van der Waals surface area contributed by atoms with Gasteiger partial charge in [0.2, 0.25) is 0 Å². The van der Waals surface area contributed by atoms with Gasteiger partial charge in [0.05, 0.1) is 4.90 Å². The van der Waals surface area contributed by atoms with Crippen molar-refractivity contribution in [2.75, 3.05) is 6.54 Å². The number of carbonyl (C=O) groups is 1. The van der Waals surface area contributed by atoms with Crippen LogP contribution in [0, 0.1) is 12.3 Å². The molecular weight excluding hydrogens is 298 g/mol. The van der Waals surface area contributed by atoms with Crippen molar-refractivity contribution in [3.05, 3.63) is 29.3 Å². The first-order valence-corrected chi connectivity index (χ1v) is 8.71. The van der Waals surface area contributed by atoms with E-state index in [1.165, 1.54) is 6.07 Å². The van der Waals surface area contributed by atoms with Crippen LogP contribution in [0.2, 0.25) is 0 Å². The van der Waals surface area contributed by atoms with Gasteiger partial charge in [-0.25, -0.2) is 8.42 Å². The van der Waals surface area contributed by atoms with Gasteiger partial charge in [-0.05, 0) is 36.5 Å². The largest absolute Gasteiger partial charge is 0.352 e. The molecule has 1 aromatic carbocycles. The Hall–Kier alpha value is -1.07. The fraction of sp³-hybridized carbons (Fsp3) is 0.500. The second-order valence-electron chi connectivity index (χ2n) is 5.62. The average Bonchev–Trinajstić information content (AvgIpc) is 2.35. The molecule has 0 aliphatic heterocycles. The van der Waals surface area contributed by atoms with Crippen molar-refractivity contribution in [3.8, 4) is 0 Å². The lowest BCUT2D eigenvalue weighted by Crippen LogP contribution is -2.33. The number of halogens is 1. The number of amides is 1. The van der Waals surface area contributed by atoms with Gasteiger partial charge >= 0.3 is 0 Å². The van der Waals surface area contributed by atoms with E-state index >= 15 is 0 Å². The summed E-state index contributed by atoms with van der Waals surface area (Å²) < 4.78 is 22.9. The first-order chi connectivity index (χ1) is 9.07. The zero-order valence-electron chi connectivity index (χ0n) is 12.2. The monoisotopic (exact) mass is 317 g/mol. The summed E-state index contributed by atoms with van der Waals surface area (Å²) in [6.45, 7) is 8.32. The van der Waals surface area contributed by atoms with Crippen molar-refractivity contribution in [3.63, 3.8) is 0 Å². The Balaban J connectivity index is 2.96. The maximum absolute atomic E-state index is 12.0. The van der Waals surface area contributed by atoms with Crippen LogP contribution in [0.4, 0.5) is 0 Å². The SMILES string of the molecule is CCC(C)(C)CNC(=O)c1ccc(C)c(S(=O)(=O)Cl)c1. The summed E-state index contributed by atoms with van der Waals surface area (Å²) >= 11 is 0. The minimum absolute atomic E-state index is 0.00173. The Morgan fingerprint density at radius 3 is 2.45 bits per heavy atom. The lowest BCUT2D eigenvalue weighted by Gasteiger charge is -2.22. The fourth-order valence-corrected chi connectivity index (χ4v) is 2.77. The van der Waals surface area contributed by atoms with Gasteiger partial charge in [-0.15, -0.1) is 0 Å². The number of aryl methyl sites for hydroxylation is 1. The Morgan fingerprint density at radius 1 is 1.35 bits per heavy atom. The van der Waals surface area contributed by atoms with E-state index in [-0.39, 0.29) is 16.2 Å². The van der Waals surface area contributed by atoms with E-state index in [1.54, 1.807) is 19.1 Å². The van der Waals surface area contributed by atoms with Gasteiger partial charge in [0.25, 0.3) is 15.0 Å². The Bertz CT molecular complexity index is 609. The molecule has 0 fully saturated rings. The van der Waals surface area contributed by atoms with Crippen LogP contribution in [-0.4, -0.2) is 20.9 Å². The summed E-state index contributed by atoms with van der Waals surface area (Å²) in [6, 6.07) is 4.48. The van der Waals surface area contributed by atoms with Gasteiger partial charge in [0, 0.05) is 22.8 Å². The van der Waals surface area contributed by atoms with Crippen molar-refractivity contribution < 1.29 is 13.2 Å². The lowest BCUT2D eigenvalue weighted by molar-refractivity contribution is 0.0935. The summed E-state index contributed by atoms with van der Waals surface area (Å²) in [5, 5.41) is 2.81. The van der Waals surface area contributed by atoms with Gasteiger partial charge in [-0.2, -0.15) is 0 Å². The second-order valence-corrected chi connectivity index (χ2v) is 8.15. The van der Waals surface area contributed by atoms with Crippen LogP contribution in [0.1, 0.15) is 43.1 Å². The fourth-order valence-electron chi connectivity index (χ4n) is 1.55. The molecule has 0 unspecified atom stereocenters. The minimum atomic E-state index is -3.85. The van der Waals surface area contributed by atoms with Crippen molar-refractivity contribution in [1.82, 2.24) is 5.32 Å². The number of hydrogen-bond donors (Lipinski definition) is 1. The van der Waals surface area contributed by atoms with E-state index in [4.69, 9.17) is 10.7 Å². The molecule has 0 saturated heterocycles. The van der Waals surface area contributed by atoms with Gasteiger partial charge in [-0.3, -0.25) is 4.79 Å². The maximum atomic E-state index is 12.0. The molecule has 0 saturated carbocycles. The highest BCUT2D eigenvalue weighted by atomic mass is 35.7. The summed E-state index contributed by atoms with van der Waals surface area (Å²) in [4.78, 5) is 12.0. The number of nitrogens with one attached hydrogen (secondary N) is 1. The number of carbonyl (C=O) groups excluding carboxylic acids is 1. The van der Waals surface area contributed by atoms with Crippen molar-refractivity contribution >= 4 is 25.6 Å². The minimum Gasteiger partial charge on any atom is -0.352 e. The first-order valence-electron chi connectivity index (χ1n) is 6.40. The standard InChI is InChI=1S/C14H20ClNO3S/c1-5-14(3,4)9-16-13(17)11-7-6-10(2)12(8-11)20(15,18)19/h6-8H,5,9H2,1-4H3,(H,16,17). The van der Waals surface area contributed by atoms with Crippen LogP contribution in [0.5, 0.6) is 0 Å². The van der Waals surface area contributed by atoms with Crippen LogP contribution in [0.3, 0.4) is 0 Å². The normalized spacial score (nSPS) is 12.2. The summed E-state index contributed by atoms with van der Waals surface area (Å²) in [7, 11) is 1.51. The average molecular weight is 318 g/mol. The Kier molecular flexibility index (Phi) is 5.21. The Labute approximate surface area is 124 Å².